The molecule has 0 aliphatic rings. The first kappa shape index (κ1) is 21.4. The molecule has 0 spiro atoms. The standard InChI is InChI=1S/C11H14BrN3.C7H6BrFN2O/c1-3-4-7-15-8(2)13-9-5-6-10(12)14-11(9)15;1-4(12)10-5-2-3-6(8)11-7(5)9/h5-6H,3-4,7H2,1-2H3;2-3H,1H3,(H,10,12). The van der Waals surface area contributed by atoms with E-state index < -0.39 is 5.95 Å². The van der Waals surface area contributed by atoms with Crippen molar-refractivity contribution in [2.75, 3.05) is 5.32 Å². The molecule has 3 heterocycles. The molecular weight excluding hydrogens is 481 g/mol. The summed E-state index contributed by atoms with van der Waals surface area (Å²) in [6.45, 7) is 6.53. The number of carbonyl (C=O) groups is 1. The van der Waals surface area contributed by atoms with E-state index in [1.807, 2.05) is 19.1 Å². The Bertz CT molecular complexity index is 945. The smallest absolute Gasteiger partial charge is 0.237 e. The summed E-state index contributed by atoms with van der Waals surface area (Å²) in [4.78, 5) is 22.9. The first-order valence-corrected chi connectivity index (χ1v) is 9.99. The largest absolute Gasteiger partial charge is 0.322 e. The van der Waals surface area contributed by atoms with Crippen LogP contribution in [0.15, 0.2) is 33.5 Å². The van der Waals surface area contributed by atoms with Crippen molar-refractivity contribution in [3.05, 3.63) is 45.2 Å². The maximum Gasteiger partial charge on any atom is 0.237 e. The van der Waals surface area contributed by atoms with Gasteiger partial charge in [0.15, 0.2) is 5.65 Å². The number of aryl methyl sites for hydroxylation is 2. The SMILES string of the molecule is CC(=O)Nc1ccc(Br)nc1F.CCCCn1c(C)nc2ccc(Br)nc21. The average Bonchev–Trinajstić information content (AvgIpc) is 2.90. The Kier molecular flexibility index (Phi) is 7.85. The number of carbonyl (C=O) groups excluding carboxylic acids is 1. The van der Waals surface area contributed by atoms with Crippen molar-refractivity contribution in [3.63, 3.8) is 0 Å². The minimum Gasteiger partial charge on any atom is -0.322 e. The highest BCUT2D eigenvalue weighted by atomic mass is 79.9. The van der Waals surface area contributed by atoms with Crippen molar-refractivity contribution in [2.45, 2.75) is 40.2 Å². The predicted octanol–water partition coefficient (Wildman–Crippen LogP) is 5.24. The number of anilines is 1. The van der Waals surface area contributed by atoms with Gasteiger partial charge >= 0.3 is 0 Å². The molecule has 0 bridgehead atoms. The minimum atomic E-state index is -0.695. The zero-order valence-electron chi connectivity index (χ0n) is 15.3. The number of nitrogens with zero attached hydrogens (tertiary/aromatic N) is 4. The van der Waals surface area contributed by atoms with Gasteiger partial charge in [-0.2, -0.15) is 4.39 Å². The Morgan fingerprint density at radius 2 is 1.81 bits per heavy atom. The third-order valence-electron chi connectivity index (χ3n) is 3.61. The summed E-state index contributed by atoms with van der Waals surface area (Å²) in [5.41, 5.74) is 2.05. The van der Waals surface area contributed by atoms with Gasteiger partial charge in [-0.25, -0.2) is 15.0 Å². The van der Waals surface area contributed by atoms with E-state index in [-0.39, 0.29) is 11.6 Å². The molecule has 0 saturated heterocycles. The molecule has 6 nitrogen and oxygen atoms in total. The molecule has 1 N–H and O–H groups in total. The normalized spacial score (nSPS) is 10.4. The molecule has 0 aromatic carbocycles. The fraction of sp³-hybridized carbons (Fsp3) is 0.333. The highest BCUT2D eigenvalue weighted by Gasteiger charge is 2.08. The quantitative estimate of drug-likeness (QED) is 0.497. The first-order valence-electron chi connectivity index (χ1n) is 8.40. The van der Waals surface area contributed by atoms with Crippen molar-refractivity contribution < 1.29 is 9.18 Å². The van der Waals surface area contributed by atoms with Gasteiger partial charge in [-0.05, 0) is 69.5 Å². The van der Waals surface area contributed by atoms with Crippen molar-refractivity contribution in [1.29, 1.82) is 0 Å². The average molecular weight is 501 g/mol. The van der Waals surface area contributed by atoms with E-state index >= 15 is 0 Å². The van der Waals surface area contributed by atoms with E-state index in [4.69, 9.17) is 0 Å². The lowest BCUT2D eigenvalue weighted by Crippen LogP contribution is -2.08. The van der Waals surface area contributed by atoms with Crippen molar-refractivity contribution in [3.8, 4) is 0 Å². The second-order valence-electron chi connectivity index (χ2n) is 5.79. The Balaban J connectivity index is 0.000000199. The maximum absolute atomic E-state index is 12.9. The number of amides is 1. The second kappa shape index (κ2) is 9.89. The molecule has 0 unspecified atom stereocenters. The van der Waals surface area contributed by atoms with Crippen LogP contribution >= 0.6 is 31.9 Å². The number of hydrogen-bond donors (Lipinski definition) is 1. The van der Waals surface area contributed by atoms with Crippen LogP contribution in [0.25, 0.3) is 11.2 Å². The number of hydrogen-bond acceptors (Lipinski definition) is 4. The van der Waals surface area contributed by atoms with Crippen LogP contribution in [0.5, 0.6) is 0 Å². The number of pyridine rings is 2. The Labute approximate surface area is 173 Å². The van der Waals surface area contributed by atoms with Crippen LogP contribution in [0, 0.1) is 12.9 Å². The fourth-order valence-electron chi connectivity index (χ4n) is 2.37. The van der Waals surface area contributed by atoms with Crippen LogP contribution in [0.4, 0.5) is 10.1 Å². The Hall–Kier alpha value is -1.87. The van der Waals surface area contributed by atoms with Gasteiger partial charge in [0.25, 0.3) is 0 Å². The van der Waals surface area contributed by atoms with Crippen molar-refractivity contribution in [1.82, 2.24) is 19.5 Å². The van der Waals surface area contributed by atoms with Crippen LogP contribution in [-0.2, 0) is 11.3 Å². The van der Waals surface area contributed by atoms with Crippen LogP contribution in [-0.4, -0.2) is 25.4 Å². The summed E-state index contributed by atoms with van der Waals surface area (Å²) in [5, 5.41) is 2.30. The molecule has 0 radical (unpaired) electrons. The van der Waals surface area contributed by atoms with Crippen LogP contribution in [0.3, 0.4) is 0 Å². The van der Waals surface area contributed by atoms with Gasteiger partial charge in [-0.1, -0.05) is 13.3 Å². The third kappa shape index (κ3) is 6.07. The molecule has 1 amide bonds. The topological polar surface area (TPSA) is 72.7 Å². The lowest BCUT2D eigenvalue weighted by molar-refractivity contribution is -0.114. The molecule has 144 valence electrons. The number of nitrogens with one attached hydrogen (secondary N) is 1. The van der Waals surface area contributed by atoms with E-state index in [1.165, 1.54) is 25.8 Å². The highest BCUT2D eigenvalue weighted by molar-refractivity contribution is 9.10. The van der Waals surface area contributed by atoms with E-state index in [0.29, 0.717) is 4.60 Å². The maximum atomic E-state index is 12.9. The molecule has 3 aromatic rings. The molecular formula is C18H20Br2FN5O. The number of imidazole rings is 1. The van der Waals surface area contributed by atoms with E-state index in [0.717, 1.165) is 28.1 Å². The molecule has 0 aliphatic heterocycles. The van der Waals surface area contributed by atoms with Gasteiger partial charge in [0, 0.05) is 13.5 Å². The summed E-state index contributed by atoms with van der Waals surface area (Å²) in [6.07, 6.45) is 2.35. The van der Waals surface area contributed by atoms with Gasteiger partial charge in [0.2, 0.25) is 11.9 Å². The summed E-state index contributed by atoms with van der Waals surface area (Å²) in [6, 6.07) is 6.92. The third-order valence-corrected chi connectivity index (χ3v) is 4.49. The number of rotatable bonds is 4. The Morgan fingerprint density at radius 1 is 1.15 bits per heavy atom. The lowest BCUT2D eigenvalue weighted by atomic mass is 10.3. The second-order valence-corrected chi connectivity index (χ2v) is 7.42. The molecule has 27 heavy (non-hydrogen) atoms. The molecule has 0 atom stereocenters. The zero-order chi connectivity index (χ0) is 20.0. The van der Waals surface area contributed by atoms with Crippen LogP contribution in [0.2, 0.25) is 0 Å². The number of unbranched alkanes of at least 4 members (excludes halogenated alkanes) is 1. The van der Waals surface area contributed by atoms with Crippen molar-refractivity contribution >= 4 is 54.6 Å². The minimum absolute atomic E-state index is 0.0886. The number of aromatic nitrogens is 4. The molecule has 3 aromatic heterocycles. The lowest BCUT2D eigenvalue weighted by Gasteiger charge is -2.04. The zero-order valence-corrected chi connectivity index (χ0v) is 18.4. The van der Waals surface area contributed by atoms with Crippen LogP contribution < -0.4 is 5.32 Å². The summed E-state index contributed by atoms with van der Waals surface area (Å²) in [7, 11) is 0. The van der Waals surface area contributed by atoms with Gasteiger partial charge in [0.05, 0.1) is 5.69 Å². The van der Waals surface area contributed by atoms with E-state index in [9.17, 15) is 9.18 Å². The van der Waals surface area contributed by atoms with Crippen molar-refractivity contribution in [2.24, 2.45) is 0 Å². The predicted molar refractivity (Wildman–Crippen MR) is 111 cm³/mol. The van der Waals surface area contributed by atoms with E-state index in [1.54, 1.807) is 6.07 Å². The molecule has 3 rings (SSSR count). The summed E-state index contributed by atoms with van der Waals surface area (Å²) >= 11 is 6.39. The highest BCUT2D eigenvalue weighted by Crippen LogP contribution is 2.18. The first-order chi connectivity index (χ1) is 12.8. The van der Waals surface area contributed by atoms with Gasteiger partial charge in [-0.3, -0.25) is 4.79 Å². The summed E-state index contributed by atoms with van der Waals surface area (Å²) < 4.78 is 16.3. The number of fused-ring (bicyclic) bond motifs is 1. The molecule has 0 saturated carbocycles. The van der Waals surface area contributed by atoms with Gasteiger partial charge < -0.3 is 9.88 Å². The van der Waals surface area contributed by atoms with Gasteiger partial charge in [-0.15, -0.1) is 0 Å². The van der Waals surface area contributed by atoms with Gasteiger partial charge in [0.1, 0.15) is 20.5 Å². The monoisotopic (exact) mass is 499 g/mol. The molecule has 0 aliphatic carbocycles. The number of halogens is 3. The summed E-state index contributed by atoms with van der Waals surface area (Å²) in [5.74, 6) is 0.0293. The molecule has 9 heteroatoms. The van der Waals surface area contributed by atoms with Crippen LogP contribution in [0.1, 0.15) is 32.5 Å². The fourth-order valence-corrected chi connectivity index (χ4v) is 2.96. The molecule has 0 fully saturated rings. The Morgan fingerprint density at radius 3 is 2.44 bits per heavy atom. The van der Waals surface area contributed by atoms with E-state index in [2.05, 4.69) is 63.6 Å².